The molecule has 174 valence electrons. The van der Waals surface area contributed by atoms with Crippen molar-refractivity contribution >= 4 is 23.6 Å². The summed E-state index contributed by atoms with van der Waals surface area (Å²) in [4.78, 5) is 44.6. The summed E-state index contributed by atoms with van der Waals surface area (Å²) >= 11 is 0. The summed E-state index contributed by atoms with van der Waals surface area (Å²) in [5.74, 6) is -1.70. The number of para-hydroxylation sites is 1. The topological polar surface area (TPSA) is 102 Å². The van der Waals surface area contributed by atoms with E-state index in [9.17, 15) is 19.6 Å². The van der Waals surface area contributed by atoms with Crippen LogP contribution in [0.15, 0.2) is 30.3 Å². The molecule has 3 amide bonds. The first-order valence-electron chi connectivity index (χ1n) is 11.3. The van der Waals surface area contributed by atoms with Crippen molar-refractivity contribution in [2.75, 3.05) is 37.6 Å². The molecule has 2 aliphatic heterocycles. The van der Waals surface area contributed by atoms with Gasteiger partial charge in [-0.1, -0.05) is 18.2 Å². The molecule has 1 saturated carbocycles. The van der Waals surface area contributed by atoms with Gasteiger partial charge in [-0.05, 0) is 50.7 Å². The third-order valence-corrected chi connectivity index (χ3v) is 6.82. The van der Waals surface area contributed by atoms with Crippen LogP contribution in [0.4, 0.5) is 10.5 Å². The average Bonchev–Trinajstić information content (AvgIpc) is 3.56. The lowest BCUT2D eigenvalue weighted by Gasteiger charge is -2.45. The number of piperidine rings is 1. The third kappa shape index (κ3) is 4.53. The van der Waals surface area contributed by atoms with Gasteiger partial charge in [0.2, 0.25) is 11.8 Å². The van der Waals surface area contributed by atoms with Gasteiger partial charge in [0.15, 0.2) is 0 Å². The van der Waals surface area contributed by atoms with E-state index in [2.05, 4.69) is 4.90 Å². The van der Waals surface area contributed by atoms with Crippen molar-refractivity contribution in [2.24, 2.45) is 11.3 Å². The molecule has 3 fully saturated rings. The molecule has 1 spiro atoms. The fourth-order valence-electron chi connectivity index (χ4n) is 4.94. The molecule has 3 aliphatic rings. The van der Waals surface area contributed by atoms with Gasteiger partial charge in [0.05, 0.1) is 12.0 Å². The summed E-state index contributed by atoms with van der Waals surface area (Å²) in [5, 5.41) is 9.35. The first kappa shape index (κ1) is 22.4. The number of carbonyl (C=O) groups is 3. The van der Waals surface area contributed by atoms with Crippen LogP contribution in [0.2, 0.25) is 0 Å². The molecule has 2 atom stereocenters. The molecule has 1 aliphatic carbocycles. The molecule has 0 bridgehead atoms. The number of rotatable bonds is 4. The fourth-order valence-corrected chi connectivity index (χ4v) is 4.94. The summed E-state index contributed by atoms with van der Waals surface area (Å²) in [5.41, 5.74) is 2.65. The van der Waals surface area contributed by atoms with E-state index in [0.29, 0.717) is 39.1 Å². The molecule has 0 unspecified atom stereocenters. The number of piperazine rings is 1. The maximum Gasteiger partial charge on any atom is 0.410 e. The predicted molar refractivity (Wildman–Crippen MR) is 117 cm³/mol. The van der Waals surface area contributed by atoms with E-state index < -0.39 is 24.0 Å². The van der Waals surface area contributed by atoms with Crippen molar-refractivity contribution in [3.8, 4) is 0 Å². The van der Waals surface area contributed by atoms with Crippen molar-refractivity contribution in [1.82, 2.24) is 15.3 Å². The third-order valence-electron chi connectivity index (χ3n) is 6.82. The quantitative estimate of drug-likeness (QED) is 0.543. The molecule has 1 aromatic carbocycles. The van der Waals surface area contributed by atoms with Gasteiger partial charge in [-0.25, -0.2) is 10.3 Å². The first-order valence-corrected chi connectivity index (χ1v) is 11.3. The Hall–Kier alpha value is -2.81. The van der Waals surface area contributed by atoms with Crippen LogP contribution in [-0.2, 0) is 14.3 Å². The average molecular weight is 445 g/mol. The van der Waals surface area contributed by atoms with E-state index in [1.54, 1.807) is 24.2 Å². The van der Waals surface area contributed by atoms with Gasteiger partial charge in [-0.15, -0.1) is 0 Å². The van der Waals surface area contributed by atoms with E-state index in [0.717, 1.165) is 18.5 Å². The predicted octanol–water partition coefficient (Wildman–Crippen LogP) is 1.86. The van der Waals surface area contributed by atoms with Gasteiger partial charge >= 0.3 is 6.09 Å². The minimum atomic E-state index is -0.983. The van der Waals surface area contributed by atoms with Gasteiger partial charge in [-0.3, -0.25) is 19.7 Å². The normalized spacial score (nSPS) is 24.4. The van der Waals surface area contributed by atoms with Gasteiger partial charge in [0.1, 0.15) is 6.04 Å². The zero-order chi connectivity index (χ0) is 22.9. The summed E-state index contributed by atoms with van der Waals surface area (Å²) in [6.45, 7) is 6.23. The highest BCUT2D eigenvalue weighted by atomic mass is 16.6. The molecule has 2 heterocycles. The second-order valence-corrected chi connectivity index (χ2v) is 9.44. The number of anilines is 1. The molecule has 0 radical (unpaired) electrons. The molecule has 9 nitrogen and oxygen atoms in total. The van der Waals surface area contributed by atoms with Crippen LogP contribution < -0.4 is 10.4 Å². The largest absolute Gasteiger partial charge is 0.447 e. The van der Waals surface area contributed by atoms with E-state index in [-0.39, 0.29) is 17.4 Å². The van der Waals surface area contributed by atoms with Crippen LogP contribution in [0.3, 0.4) is 0 Å². The van der Waals surface area contributed by atoms with Gasteiger partial charge in [-0.2, -0.15) is 0 Å². The molecule has 32 heavy (non-hydrogen) atoms. The van der Waals surface area contributed by atoms with Crippen molar-refractivity contribution < 1.29 is 24.3 Å². The molecular formula is C23H32N4O5. The number of hydroxylamine groups is 1. The smallest absolute Gasteiger partial charge is 0.410 e. The first-order chi connectivity index (χ1) is 15.3. The highest BCUT2D eigenvalue weighted by molar-refractivity contribution is 5.93. The van der Waals surface area contributed by atoms with E-state index >= 15 is 0 Å². The number of nitrogens with zero attached hydrogens (tertiary/aromatic N) is 3. The summed E-state index contributed by atoms with van der Waals surface area (Å²) in [7, 11) is 0. The van der Waals surface area contributed by atoms with Crippen molar-refractivity contribution in [3.05, 3.63) is 30.3 Å². The van der Waals surface area contributed by atoms with Crippen molar-refractivity contribution in [1.29, 1.82) is 0 Å². The van der Waals surface area contributed by atoms with E-state index in [1.807, 2.05) is 30.3 Å². The summed E-state index contributed by atoms with van der Waals surface area (Å²) < 4.78 is 5.43. The van der Waals surface area contributed by atoms with Gasteiger partial charge in [0, 0.05) is 38.4 Å². The van der Waals surface area contributed by atoms with Crippen LogP contribution >= 0.6 is 0 Å². The number of benzene rings is 1. The second kappa shape index (κ2) is 8.97. The Kier molecular flexibility index (Phi) is 6.28. The Morgan fingerprint density at radius 2 is 1.75 bits per heavy atom. The molecule has 1 aromatic rings. The maximum atomic E-state index is 13.7. The molecule has 0 aromatic heterocycles. The lowest BCUT2D eigenvalue weighted by molar-refractivity contribution is -0.150. The lowest BCUT2D eigenvalue weighted by Crippen LogP contribution is -2.63. The standard InChI is InChI=1S/C23H32N4O5/c1-16(2)32-22(30)27-15-23(8-9-23)14-18(20(28)24-31)19(27)21(29)26-12-10-25(11-13-26)17-6-4-3-5-7-17/h3-7,16,18-19,31H,8-15H2,1-2H3,(H,24,28)/t18-,19-/m0/s1. The SMILES string of the molecule is CC(C)OC(=O)N1CC2(CC2)C[C@H](C(=O)NO)[C@H]1C(=O)N1CCN(c2ccccc2)CC1. The number of hydrogen-bond donors (Lipinski definition) is 2. The number of nitrogens with one attached hydrogen (secondary N) is 1. The number of hydrogen-bond acceptors (Lipinski definition) is 6. The monoisotopic (exact) mass is 444 g/mol. The Morgan fingerprint density at radius 1 is 1.09 bits per heavy atom. The summed E-state index contributed by atoms with van der Waals surface area (Å²) in [6, 6.07) is 9.04. The molecule has 2 N–H and O–H groups in total. The maximum absolute atomic E-state index is 13.7. The van der Waals surface area contributed by atoms with E-state index in [4.69, 9.17) is 4.74 Å². The minimum Gasteiger partial charge on any atom is -0.447 e. The number of ether oxygens (including phenoxy) is 1. The Bertz CT molecular complexity index is 849. The van der Waals surface area contributed by atoms with Crippen molar-refractivity contribution in [3.63, 3.8) is 0 Å². The van der Waals surface area contributed by atoms with Crippen LogP contribution in [0, 0.1) is 11.3 Å². The zero-order valence-corrected chi connectivity index (χ0v) is 18.7. The van der Waals surface area contributed by atoms with E-state index in [1.165, 1.54) is 4.90 Å². The highest BCUT2D eigenvalue weighted by Crippen LogP contribution is 2.55. The number of carbonyl (C=O) groups excluding carboxylic acids is 3. The van der Waals surface area contributed by atoms with Crippen LogP contribution in [0.25, 0.3) is 0 Å². The fraction of sp³-hybridized carbons (Fsp3) is 0.609. The Labute approximate surface area is 188 Å². The Balaban J connectivity index is 1.53. The summed E-state index contributed by atoms with van der Waals surface area (Å²) in [6.07, 6.45) is 1.35. The van der Waals surface area contributed by atoms with Crippen LogP contribution in [0.1, 0.15) is 33.1 Å². The number of likely N-dealkylation sites (tertiary alicyclic amines) is 1. The number of amides is 3. The minimum absolute atomic E-state index is 0.171. The molecule has 4 rings (SSSR count). The molecular weight excluding hydrogens is 412 g/mol. The van der Waals surface area contributed by atoms with Gasteiger partial charge in [0.25, 0.3) is 0 Å². The molecule has 2 saturated heterocycles. The Morgan fingerprint density at radius 3 is 2.31 bits per heavy atom. The van der Waals surface area contributed by atoms with Crippen LogP contribution in [-0.4, -0.2) is 77.8 Å². The second-order valence-electron chi connectivity index (χ2n) is 9.44. The lowest BCUT2D eigenvalue weighted by atomic mass is 9.80. The molecule has 9 heteroatoms. The zero-order valence-electron chi connectivity index (χ0n) is 18.7. The van der Waals surface area contributed by atoms with Gasteiger partial charge < -0.3 is 14.5 Å². The highest BCUT2D eigenvalue weighted by Gasteiger charge is 2.57. The van der Waals surface area contributed by atoms with Crippen molar-refractivity contribution in [2.45, 2.75) is 45.3 Å². The van der Waals surface area contributed by atoms with Crippen LogP contribution in [0.5, 0.6) is 0 Å².